The summed E-state index contributed by atoms with van der Waals surface area (Å²) in [4.78, 5) is 17.0. The minimum atomic E-state index is -0.430. The number of thioether (sulfide) groups is 1. The zero-order valence-electron chi connectivity index (χ0n) is 16.2. The van der Waals surface area contributed by atoms with Gasteiger partial charge in [0.05, 0.1) is 11.1 Å². The van der Waals surface area contributed by atoms with E-state index in [4.69, 9.17) is 0 Å². The number of carbonyl (C=O) groups excluding carboxylic acids is 1. The molecule has 0 amide bonds. The molecule has 1 heterocycles. The molecule has 1 aliphatic heterocycles. The lowest BCUT2D eigenvalue weighted by molar-refractivity contribution is -0.114. The predicted molar refractivity (Wildman–Crippen MR) is 110 cm³/mol. The molecule has 1 aromatic rings. The van der Waals surface area contributed by atoms with Crippen molar-refractivity contribution < 1.29 is 4.79 Å². The number of nitriles is 1. The maximum atomic E-state index is 12.3. The largest absolute Gasteiger partial charge is 0.295 e. The Morgan fingerprint density at radius 2 is 1.92 bits per heavy atom. The molecular formula is C22H26N2OS. The minimum absolute atomic E-state index is 0.00980. The first kappa shape index (κ1) is 20.2. The summed E-state index contributed by atoms with van der Waals surface area (Å²) in [6, 6.07) is 10.7. The van der Waals surface area contributed by atoms with Crippen LogP contribution in [-0.2, 0) is 11.2 Å². The lowest BCUT2D eigenvalue weighted by Gasteiger charge is -2.29. The Morgan fingerprint density at radius 1 is 1.27 bits per heavy atom. The number of Topliss-reactive ketones (excluding diaryl/α,β-unsaturated/α-hetero) is 1. The van der Waals surface area contributed by atoms with Crippen LogP contribution in [-0.4, -0.2) is 16.6 Å². The molecule has 26 heavy (non-hydrogen) atoms. The molecule has 136 valence electrons. The molecule has 1 aromatic carbocycles. The van der Waals surface area contributed by atoms with Gasteiger partial charge in [-0.1, -0.05) is 42.8 Å². The Morgan fingerprint density at radius 3 is 2.42 bits per heavy atom. The molecule has 0 bridgehead atoms. The summed E-state index contributed by atoms with van der Waals surface area (Å²) in [7, 11) is 0. The molecule has 0 spiro atoms. The SMILES string of the molecule is CCc1ccc([C@H]2C(C(C)=O)=C(C)N=C(SCC=C(C)C)C2C#N)cc1. The summed E-state index contributed by atoms with van der Waals surface area (Å²) in [5.74, 6) is 0.0870. The van der Waals surface area contributed by atoms with Gasteiger partial charge in [-0.2, -0.15) is 5.26 Å². The highest BCUT2D eigenvalue weighted by atomic mass is 32.2. The van der Waals surface area contributed by atoms with E-state index in [1.807, 2.05) is 19.1 Å². The number of allylic oxidation sites excluding steroid dienone is 3. The quantitative estimate of drug-likeness (QED) is 0.651. The van der Waals surface area contributed by atoms with E-state index in [2.05, 4.69) is 50.0 Å². The van der Waals surface area contributed by atoms with Gasteiger partial charge in [-0.15, -0.1) is 11.8 Å². The fourth-order valence-electron chi connectivity index (χ4n) is 3.17. The van der Waals surface area contributed by atoms with Gasteiger partial charge in [-0.3, -0.25) is 4.79 Å². The van der Waals surface area contributed by atoms with Crippen LogP contribution < -0.4 is 0 Å². The van der Waals surface area contributed by atoms with Gasteiger partial charge < -0.3 is 0 Å². The second kappa shape index (κ2) is 9.00. The van der Waals surface area contributed by atoms with E-state index in [0.29, 0.717) is 5.57 Å². The zero-order chi connectivity index (χ0) is 19.3. The van der Waals surface area contributed by atoms with Crippen LogP contribution in [0.2, 0.25) is 0 Å². The molecule has 3 nitrogen and oxygen atoms in total. The molecule has 2 atom stereocenters. The van der Waals surface area contributed by atoms with E-state index in [-0.39, 0.29) is 11.7 Å². The molecule has 0 N–H and O–H groups in total. The van der Waals surface area contributed by atoms with Crippen LogP contribution in [0.5, 0.6) is 0 Å². The van der Waals surface area contributed by atoms with E-state index in [1.165, 1.54) is 11.1 Å². The van der Waals surface area contributed by atoms with Crippen molar-refractivity contribution in [1.29, 1.82) is 5.26 Å². The average Bonchev–Trinajstić information content (AvgIpc) is 2.60. The zero-order valence-corrected chi connectivity index (χ0v) is 17.0. The molecule has 0 fully saturated rings. The first-order valence-corrected chi connectivity index (χ1v) is 9.92. The molecule has 0 saturated carbocycles. The molecule has 4 heteroatoms. The summed E-state index contributed by atoms with van der Waals surface area (Å²) in [5, 5.41) is 10.7. The first-order chi connectivity index (χ1) is 12.4. The molecule has 0 radical (unpaired) electrons. The number of ketones is 1. The topological polar surface area (TPSA) is 53.2 Å². The molecule has 2 rings (SSSR count). The summed E-state index contributed by atoms with van der Waals surface area (Å²) >= 11 is 1.59. The van der Waals surface area contributed by atoms with Gasteiger partial charge in [0.15, 0.2) is 5.78 Å². The molecule has 0 aliphatic carbocycles. The van der Waals surface area contributed by atoms with E-state index >= 15 is 0 Å². The molecule has 0 saturated heterocycles. The highest BCUT2D eigenvalue weighted by Crippen LogP contribution is 2.41. The third-order valence-electron chi connectivity index (χ3n) is 4.57. The van der Waals surface area contributed by atoms with Crippen LogP contribution in [0.25, 0.3) is 0 Å². The number of hydrogen-bond donors (Lipinski definition) is 0. The van der Waals surface area contributed by atoms with Gasteiger partial charge in [0.2, 0.25) is 0 Å². The van der Waals surface area contributed by atoms with Crippen molar-refractivity contribution in [2.75, 3.05) is 5.75 Å². The molecule has 0 aromatic heterocycles. The molecular weight excluding hydrogens is 340 g/mol. The number of aryl methyl sites for hydroxylation is 1. The summed E-state index contributed by atoms with van der Waals surface area (Å²) in [5.41, 5.74) is 4.88. The Kier molecular flexibility index (Phi) is 6.99. The number of carbonyl (C=O) groups is 1. The molecule has 1 unspecified atom stereocenters. The van der Waals surface area contributed by atoms with Crippen LogP contribution >= 0.6 is 11.8 Å². The van der Waals surface area contributed by atoms with Crippen LogP contribution in [0.4, 0.5) is 0 Å². The number of benzene rings is 1. The number of hydrogen-bond acceptors (Lipinski definition) is 4. The second-order valence-corrected chi connectivity index (χ2v) is 7.82. The first-order valence-electron chi connectivity index (χ1n) is 8.93. The summed E-state index contributed by atoms with van der Waals surface area (Å²) in [6.07, 6.45) is 3.10. The standard InChI is InChI=1S/C22H26N2OS/c1-6-17-7-9-18(10-8-17)21-19(13-23)22(26-12-11-14(2)3)24-15(4)20(21)16(5)25/h7-11,19,21H,6,12H2,1-5H3/t19?,21-/m1/s1. The summed E-state index contributed by atoms with van der Waals surface area (Å²) < 4.78 is 0. The van der Waals surface area contributed by atoms with Crippen molar-refractivity contribution in [2.45, 2.75) is 47.0 Å². The average molecular weight is 367 g/mol. The minimum Gasteiger partial charge on any atom is -0.295 e. The Bertz CT molecular complexity index is 806. The fraction of sp³-hybridized carbons (Fsp3) is 0.409. The third kappa shape index (κ3) is 4.53. The monoisotopic (exact) mass is 366 g/mol. The van der Waals surface area contributed by atoms with Gasteiger partial charge in [-0.05, 0) is 45.2 Å². The van der Waals surface area contributed by atoms with E-state index < -0.39 is 5.92 Å². The van der Waals surface area contributed by atoms with Gasteiger partial charge in [0, 0.05) is 22.9 Å². The van der Waals surface area contributed by atoms with Crippen molar-refractivity contribution in [1.82, 2.24) is 0 Å². The van der Waals surface area contributed by atoms with Gasteiger partial charge in [0.25, 0.3) is 0 Å². The van der Waals surface area contributed by atoms with Gasteiger partial charge in [0.1, 0.15) is 5.92 Å². The summed E-state index contributed by atoms with van der Waals surface area (Å²) in [6.45, 7) is 9.67. The van der Waals surface area contributed by atoms with Crippen LogP contribution in [0.15, 0.2) is 52.2 Å². The van der Waals surface area contributed by atoms with E-state index in [9.17, 15) is 10.1 Å². The third-order valence-corrected chi connectivity index (χ3v) is 5.54. The highest BCUT2D eigenvalue weighted by molar-refractivity contribution is 8.14. The Labute approximate surface area is 160 Å². The maximum absolute atomic E-state index is 12.3. The van der Waals surface area contributed by atoms with Crippen molar-refractivity contribution >= 4 is 22.6 Å². The van der Waals surface area contributed by atoms with E-state index in [1.54, 1.807) is 18.7 Å². The molecule has 1 aliphatic rings. The van der Waals surface area contributed by atoms with Crippen LogP contribution in [0, 0.1) is 17.2 Å². The lowest BCUT2D eigenvalue weighted by atomic mass is 9.77. The van der Waals surface area contributed by atoms with Crippen molar-refractivity contribution in [3.8, 4) is 6.07 Å². The van der Waals surface area contributed by atoms with E-state index in [0.717, 1.165) is 28.5 Å². The number of aliphatic imine (C=N–C) groups is 1. The van der Waals surface area contributed by atoms with Crippen LogP contribution in [0.3, 0.4) is 0 Å². The van der Waals surface area contributed by atoms with Gasteiger partial charge >= 0.3 is 0 Å². The smallest absolute Gasteiger partial charge is 0.158 e. The Balaban J connectivity index is 2.48. The number of rotatable bonds is 5. The fourth-order valence-corrected chi connectivity index (χ4v) is 4.33. The normalized spacial score (nSPS) is 19.6. The Hall–Kier alpha value is -2.12. The van der Waals surface area contributed by atoms with Crippen molar-refractivity contribution in [2.24, 2.45) is 10.9 Å². The van der Waals surface area contributed by atoms with Gasteiger partial charge in [-0.25, -0.2) is 4.99 Å². The van der Waals surface area contributed by atoms with Crippen molar-refractivity contribution in [3.05, 3.63) is 58.3 Å². The van der Waals surface area contributed by atoms with Crippen LogP contribution in [0.1, 0.15) is 51.7 Å². The predicted octanol–water partition coefficient (Wildman–Crippen LogP) is 5.45. The second-order valence-electron chi connectivity index (χ2n) is 6.78. The number of nitrogens with zero attached hydrogens (tertiary/aromatic N) is 2. The lowest BCUT2D eigenvalue weighted by Crippen LogP contribution is -2.28. The highest BCUT2D eigenvalue weighted by Gasteiger charge is 2.37. The maximum Gasteiger partial charge on any atom is 0.158 e. The van der Waals surface area contributed by atoms with Crippen molar-refractivity contribution in [3.63, 3.8) is 0 Å².